The minimum atomic E-state index is -1.72. The van der Waals surface area contributed by atoms with Crippen LogP contribution in [0.5, 0.6) is 5.75 Å². The highest BCUT2D eigenvalue weighted by Crippen LogP contribution is 2.31. The molecule has 1 aromatic heterocycles. The van der Waals surface area contributed by atoms with E-state index in [9.17, 15) is 23.1 Å². The summed E-state index contributed by atoms with van der Waals surface area (Å²) >= 11 is 0. The fraction of sp³-hybridized carbons (Fsp3) is 0.167. The van der Waals surface area contributed by atoms with Crippen molar-refractivity contribution < 1.29 is 27.6 Å². The Hall–Kier alpha value is -3.36. The highest BCUT2D eigenvalue weighted by atomic mass is 19.2. The molecule has 6 nitrogen and oxygen atoms in total. The molecular weight excluding hydrogens is 363 g/mol. The first-order valence-corrected chi connectivity index (χ1v) is 8.02. The van der Waals surface area contributed by atoms with Gasteiger partial charge in [0.05, 0.1) is 5.56 Å². The SMILES string of the molecule is O=C(c1noc(-c2cc(F)c(F)c(O)c2F)n1)N1CCc2ccccc2C1. The van der Waals surface area contributed by atoms with Crippen molar-refractivity contribution in [3.8, 4) is 17.2 Å². The third kappa shape index (κ3) is 2.90. The molecular formula is C18H12F3N3O3. The predicted octanol–water partition coefficient (Wildman–Crippen LogP) is 3.06. The smallest absolute Gasteiger partial charge is 0.295 e. The number of aromatic hydroxyl groups is 1. The maximum Gasteiger partial charge on any atom is 0.295 e. The number of rotatable bonds is 2. The summed E-state index contributed by atoms with van der Waals surface area (Å²) in [6.07, 6.45) is 0.665. The summed E-state index contributed by atoms with van der Waals surface area (Å²) in [6.45, 7) is 0.805. The molecule has 1 N–H and O–H groups in total. The van der Waals surface area contributed by atoms with Crippen molar-refractivity contribution in [3.05, 3.63) is 64.7 Å². The van der Waals surface area contributed by atoms with Gasteiger partial charge in [0, 0.05) is 13.1 Å². The first kappa shape index (κ1) is 17.1. The van der Waals surface area contributed by atoms with Gasteiger partial charge in [-0.15, -0.1) is 0 Å². The molecule has 0 saturated carbocycles. The fourth-order valence-electron chi connectivity index (χ4n) is 2.98. The zero-order chi connectivity index (χ0) is 19.1. The van der Waals surface area contributed by atoms with Crippen LogP contribution in [-0.2, 0) is 13.0 Å². The number of phenols is 1. The largest absolute Gasteiger partial charge is 0.503 e. The summed E-state index contributed by atoms with van der Waals surface area (Å²) in [4.78, 5) is 17.9. The molecule has 0 aliphatic carbocycles. The topological polar surface area (TPSA) is 79.5 Å². The van der Waals surface area contributed by atoms with Crippen molar-refractivity contribution in [2.45, 2.75) is 13.0 Å². The van der Waals surface area contributed by atoms with Crippen LogP contribution in [0.1, 0.15) is 21.7 Å². The van der Waals surface area contributed by atoms with Gasteiger partial charge in [-0.2, -0.15) is 9.37 Å². The molecule has 1 amide bonds. The fourth-order valence-corrected chi connectivity index (χ4v) is 2.98. The molecule has 0 saturated heterocycles. The molecule has 138 valence electrons. The van der Waals surface area contributed by atoms with E-state index in [1.165, 1.54) is 4.90 Å². The molecule has 0 fully saturated rings. The average molecular weight is 375 g/mol. The second-order valence-corrected chi connectivity index (χ2v) is 6.05. The van der Waals surface area contributed by atoms with Crippen molar-refractivity contribution >= 4 is 5.91 Å². The molecule has 1 aliphatic rings. The summed E-state index contributed by atoms with van der Waals surface area (Å²) in [5.74, 6) is -7.57. The molecule has 9 heteroatoms. The summed E-state index contributed by atoms with van der Waals surface area (Å²) in [5, 5.41) is 12.8. The Bertz CT molecular complexity index is 1050. The van der Waals surface area contributed by atoms with E-state index in [0.29, 0.717) is 25.6 Å². The molecule has 27 heavy (non-hydrogen) atoms. The van der Waals surface area contributed by atoms with Gasteiger partial charge in [0.1, 0.15) is 0 Å². The summed E-state index contributed by atoms with van der Waals surface area (Å²) in [6, 6.07) is 8.17. The summed E-state index contributed by atoms with van der Waals surface area (Å²) in [7, 11) is 0. The number of halogens is 3. The van der Waals surface area contributed by atoms with Crippen molar-refractivity contribution in [1.29, 1.82) is 0 Å². The van der Waals surface area contributed by atoms with Crippen LogP contribution < -0.4 is 0 Å². The lowest BCUT2D eigenvalue weighted by Gasteiger charge is -2.27. The number of benzene rings is 2. The molecule has 0 atom stereocenters. The van der Waals surface area contributed by atoms with Crippen LogP contribution in [0.2, 0.25) is 0 Å². The van der Waals surface area contributed by atoms with E-state index in [-0.39, 0.29) is 5.82 Å². The number of amides is 1. The van der Waals surface area contributed by atoms with Crippen LogP contribution in [0.25, 0.3) is 11.5 Å². The molecule has 0 radical (unpaired) electrons. The van der Waals surface area contributed by atoms with Crippen molar-refractivity contribution in [2.24, 2.45) is 0 Å². The number of carbonyl (C=O) groups is 1. The van der Waals surface area contributed by atoms with Crippen molar-refractivity contribution in [3.63, 3.8) is 0 Å². The molecule has 0 bridgehead atoms. The first-order chi connectivity index (χ1) is 13.0. The molecule has 3 aromatic rings. The van der Waals surface area contributed by atoms with E-state index in [4.69, 9.17) is 4.52 Å². The second-order valence-electron chi connectivity index (χ2n) is 6.05. The van der Waals surface area contributed by atoms with Crippen LogP contribution in [0.4, 0.5) is 13.2 Å². The highest BCUT2D eigenvalue weighted by Gasteiger charge is 2.28. The van der Waals surface area contributed by atoms with E-state index in [2.05, 4.69) is 10.1 Å². The molecule has 0 unspecified atom stereocenters. The minimum absolute atomic E-state index is 0.340. The number of hydrogen-bond donors (Lipinski definition) is 1. The quantitative estimate of drug-likeness (QED) is 0.697. The number of phenolic OH excluding ortho intramolecular Hbond substituents is 1. The lowest BCUT2D eigenvalue weighted by atomic mass is 10.00. The van der Waals surface area contributed by atoms with Gasteiger partial charge in [-0.25, -0.2) is 8.78 Å². The Morgan fingerprint density at radius 2 is 1.89 bits per heavy atom. The van der Waals surface area contributed by atoms with Gasteiger partial charge in [-0.05, 0) is 23.6 Å². The van der Waals surface area contributed by atoms with E-state index < -0.39 is 40.6 Å². The minimum Gasteiger partial charge on any atom is -0.503 e. The predicted molar refractivity (Wildman–Crippen MR) is 86.2 cm³/mol. The van der Waals surface area contributed by atoms with Gasteiger partial charge >= 0.3 is 0 Å². The summed E-state index contributed by atoms with van der Waals surface area (Å²) in [5.41, 5.74) is 1.51. The van der Waals surface area contributed by atoms with Crippen LogP contribution in [0, 0.1) is 17.5 Å². The second kappa shape index (κ2) is 6.42. The molecule has 0 spiro atoms. The zero-order valence-electron chi connectivity index (χ0n) is 13.7. The lowest BCUT2D eigenvalue weighted by Crippen LogP contribution is -2.36. The Labute approximate surface area is 150 Å². The normalized spacial score (nSPS) is 13.5. The van der Waals surface area contributed by atoms with Crippen LogP contribution in [-0.4, -0.2) is 32.6 Å². The molecule has 1 aliphatic heterocycles. The van der Waals surface area contributed by atoms with Gasteiger partial charge in [0.25, 0.3) is 17.6 Å². The molecule has 4 rings (SSSR count). The number of carbonyl (C=O) groups excluding carboxylic acids is 1. The van der Waals surface area contributed by atoms with Gasteiger partial charge in [-0.3, -0.25) is 4.79 Å². The maximum absolute atomic E-state index is 14.0. The van der Waals surface area contributed by atoms with Crippen LogP contribution in [0.15, 0.2) is 34.9 Å². The van der Waals surface area contributed by atoms with E-state index in [1.54, 1.807) is 0 Å². The van der Waals surface area contributed by atoms with Gasteiger partial charge < -0.3 is 14.5 Å². The lowest BCUT2D eigenvalue weighted by molar-refractivity contribution is 0.0719. The van der Waals surface area contributed by atoms with Gasteiger partial charge in [-0.1, -0.05) is 29.4 Å². The molecule has 2 aromatic carbocycles. The van der Waals surface area contributed by atoms with Gasteiger partial charge in [0.2, 0.25) is 5.82 Å². The van der Waals surface area contributed by atoms with E-state index in [1.807, 2.05) is 24.3 Å². The number of fused-ring (bicyclic) bond motifs is 1. The van der Waals surface area contributed by atoms with Crippen molar-refractivity contribution in [2.75, 3.05) is 6.54 Å². The Kier molecular flexibility index (Phi) is 4.06. The monoisotopic (exact) mass is 375 g/mol. The van der Waals surface area contributed by atoms with Crippen LogP contribution in [0.3, 0.4) is 0 Å². The maximum atomic E-state index is 14.0. The van der Waals surface area contributed by atoms with Crippen molar-refractivity contribution in [1.82, 2.24) is 15.0 Å². The Balaban J connectivity index is 1.61. The van der Waals surface area contributed by atoms with Gasteiger partial charge in [0.15, 0.2) is 17.4 Å². The van der Waals surface area contributed by atoms with E-state index in [0.717, 1.165) is 11.1 Å². The number of aromatic nitrogens is 2. The highest BCUT2D eigenvalue weighted by molar-refractivity contribution is 5.90. The Morgan fingerprint density at radius 1 is 1.15 bits per heavy atom. The average Bonchev–Trinajstić information content (AvgIpc) is 3.18. The van der Waals surface area contributed by atoms with Crippen LogP contribution >= 0.6 is 0 Å². The summed E-state index contributed by atoms with van der Waals surface area (Å²) < 4.78 is 45.4. The number of nitrogens with zero attached hydrogens (tertiary/aromatic N) is 3. The third-order valence-electron chi connectivity index (χ3n) is 4.40. The van der Waals surface area contributed by atoms with E-state index >= 15 is 0 Å². The standard InChI is InChI=1S/C18H12F3N3O3/c19-12-7-11(13(20)15(25)14(12)21)17-22-16(23-27-17)18(26)24-6-5-9-3-1-2-4-10(9)8-24/h1-4,7,25H,5-6,8H2. The number of hydrogen-bond acceptors (Lipinski definition) is 5. The first-order valence-electron chi connectivity index (χ1n) is 8.02. The molecule has 2 heterocycles. The Morgan fingerprint density at radius 3 is 2.67 bits per heavy atom. The third-order valence-corrected chi connectivity index (χ3v) is 4.40. The zero-order valence-corrected chi connectivity index (χ0v) is 13.7.